The Balaban J connectivity index is 1.49. The predicted octanol–water partition coefficient (Wildman–Crippen LogP) is 2.31. The zero-order valence-electron chi connectivity index (χ0n) is 15.5. The van der Waals surface area contributed by atoms with Gasteiger partial charge < -0.3 is 15.4 Å². The summed E-state index contributed by atoms with van der Waals surface area (Å²) >= 11 is 0. The maximum absolute atomic E-state index is 12.3. The second-order valence-electron chi connectivity index (χ2n) is 6.61. The molecule has 6 heteroatoms. The Hall–Kier alpha value is -2.70. The fraction of sp³-hybridized carbons (Fsp3) is 0.333. The molecule has 2 aromatic rings. The molecule has 0 bridgehead atoms. The number of rotatable bonds is 6. The fourth-order valence-electron chi connectivity index (χ4n) is 2.87. The minimum Gasteiger partial charge on any atom is -0.379 e. The van der Waals surface area contributed by atoms with E-state index in [9.17, 15) is 9.59 Å². The van der Waals surface area contributed by atoms with Crippen molar-refractivity contribution < 1.29 is 14.3 Å². The Labute approximate surface area is 159 Å². The van der Waals surface area contributed by atoms with Gasteiger partial charge in [0.2, 0.25) is 0 Å². The fourth-order valence-corrected chi connectivity index (χ4v) is 2.87. The molecule has 27 heavy (non-hydrogen) atoms. The third-order valence-electron chi connectivity index (χ3n) is 4.54. The molecule has 1 saturated heterocycles. The monoisotopic (exact) mass is 367 g/mol. The molecule has 1 heterocycles. The number of nitrogens with zero attached hydrogens (tertiary/aromatic N) is 1. The highest BCUT2D eigenvalue weighted by Crippen LogP contribution is 2.11. The Morgan fingerprint density at radius 2 is 1.52 bits per heavy atom. The van der Waals surface area contributed by atoms with Crippen LogP contribution in [0.15, 0.2) is 48.5 Å². The molecule has 2 N–H and O–H groups in total. The summed E-state index contributed by atoms with van der Waals surface area (Å²) in [7, 11) is 0. The summed E-state index contributed by atoms with van der Waals surface area (Å²) in [5.74, 6) is -0.327. The average Bonchev–Trinajstić information content (AvgIpc) is 2.70. The van der Waals surface area contributed by atoms with E-state index in [1.165, 1.54) is 0 Å². The van der Waals surface area contributed by atoms with Crippen LogP contribution in [0.4, 0.5) is 5.69 Å². The smallest absolute Gasteiger partial charge is 0.255 e. The Morgan fingerprint density at radius 1 is 0.926 bits per heavy atom. The molecule has 0 unspecified atom stereocenters. The normalized spacial score (nSPS) is 14.6. The third-order valence-corrected chi connectivity index (χ3v) is 4.54. The molecular formula is C21H25N3O3. The molecule has 0 saturated carbocycles. The molecule has 1 aliphatic rings. The lowest BCUT2D eigenvalue weighted by Gasteiger charge is -2.26. The summed E-state index contributed by atoms with van der Waals surface area (Å²) in [4.78, 5) is 26.8. The highest BCUT2D eigenvalue weighted by molar-refractivity contribution is 6.05. The molecule has 1 aliphatic heterocycles. The van der Waals surface area contributed by atoms with Crippen LogP contribution in [0.5, 0.6) is 0 Å². The van der Waals surface area contributed by atoms with Gasteiger partial charge in [-0.05, 0) is 43.3 Å². The van der Waals surface area contributed by atoms with Gasteiger partial charge in [0.1, 0.15) is 0 Å². The summed E-state index contributed by atoms with van der Waals surface area (Å²) in [6.45, 7) is 6.71. The summed E-state index contributed by atoms with van der Waals surface area (Å²) in [6.07, 6.45) is 0. The zero-order valence-corrected chi connectivity index (χ0v) is 15.5. The van der Waals surface area contributed by atoms with Crippen molar-refractivity contribution in [2.24, 2.45) is 0 Å². The van der Waals surface area contributed by atoms with Crippen LogP contribution in [0.1, 0.15) is 26.3 Å². The molecule has 2 aromatic carbocycles. The summed E-state index contributed by atoms with van der Waals surface area (Å²) in [5.41, 5.74) is 2.94. The molecule has 2 amide bonds. The first-order chi connectivity index (χ1) is 13.1. The van der Waals surface area contributed by atoms with Crippen molar-refractivity contribution >= 4 is 17.5 Å². The maximum atomic E-state index is 12.3. The molecule has 6 nitrogen and oxygen atoms in total. The van der Waals surface area contributed by atoms with E-state index >= 15 is 0 Å². The highest BCUT2D eigenvalue weighted by atomic mass is 16.5. The Morgan fingerprint density at radius 3 is 2.15 bits per heavy atom. The first-order valence-corrected chi connectivity index (χ1v) is 9.18. The van der Waals surface area contributed by atoms with Crippen molar-refractivity contribution in [2.75, 3.05) is 44.7 Å². The molecular weight excluding hydrogens is 342 g/mol. The lowest BCUT2D eigenvalue weighted by molar-refractivity contribution is 0.0383. The SMILES string of the molecule is Cc1ccc(NC(=O)c2ccc(C(=O)NCCN3CCOCC3)cc2)cc1. The van der Waals surface area contributed by atoms with E-state index in [-0.39, 0.29) is 11.8 Å². The largest absolute Gasteiger partial charge is 0.379 e. The van der Waals surface area contributed by atoms with Gasteiger partial charge in [0.05, 0.1) is 13.2 Å². The van der Waals surface area contributed by atoms with Crippen molar-refractivity contribution in [3.63, 3.8) is 0 Å². The van der Waals surface area contributed by atoms with Gasteiger partial charge in [-0.2, -0.15) is 0 Å². The van der Waals surface area contributed by atoms with Crippen molar-refractivity contribution in [2.45, 2.75) is 6.92 Å². The number of carbonyl (C=O) groups excluding carboxylic acids is 2. The van der Waals surface area contributed by atoms with Crippen molar-refractivity contribution in [3.8, 4) is 0 Å². The van der Waals surface area contributed by atoms with Crippen LogP contribution in [0, 0.1) is 6.92 Å². The number of hydrogen-bond acceptors (Lipinski definition) is 4. The van der Waals surface area contributed by atoms with Gasteiger partial charge in [-0.3, -0.25) is 14.5 Å². The van der Waals surface area contributed by atoms with Crippen molar-refractivity contribution in [1.29, 1.82) is 0 Å². The van der Waals surface area contributed by atoms with E-state index in [1.807, 2.05) is 31.2 Å². The first kappa shape index (κ1) is 19.1. The van der Waals surface area contributed by atoms with Crippen LogP contribution in [-0.4, -0.2) is 56.1 Å². The highest BCUT2D eigenvalue weighted by Gasteiger charge is 2.12. The third kappa shape index (κ3) is 5.64. The number of nitrogens with one attached hydrogen (secondary N) is 2. The average molecular weight is 367 g/mol. The number of morpholine rings is 1. The number of ether oxygens (including phenoxy) is 1. The van der Waals surface area contributed by atoms with Gasteiger partial charge in [-0.15, -0.1) is 0 Å². The minimum atomic E-state index is -0.196. The Bertz CT molecular complexity index is 766. The van der Waals surface area contributed by atoms with Crippen LogP contribution >= 0.6 is 0 Å². The van der Waals surface area contributed by atoms with Crippen LogP contribution in [0.3, 0.4) is 0 Å². The number of benzene rings is 2. The molecule has 1 fully saturated rings. The number of aryl methyl sites for hydroxylation is 1. The standard InChI is InChI=1S/C21H25N3O3/c1-16-2-8-19(9-3-16)23-21(26)18-6-4-17(5-7-18)20(25)22-10-11-24-12-14-27-15-13-24/h2-9H,10-15H2,1H3,(H,22,25)(H,23,26). The van der Waals surface area contributed by atoms with Crippen LogP contribution < -0.4 is 10.6 Å². The van der Waals surface area contributed by atoms with Gasteiger partial charge in [-0.1, -0.05) is 17.7 Å². The number of amides is 2. The van der Waals surface area contributed by atoms with E-state index in [2.05, 4.69) is 15.5 Å². The molecule has 0 aliphatic carbocycles. The topological polar surface area (TPSA) is 70.7 Å². The van der Waals surface area contributed by atoms with E-state index < -0.39 is 0 Å². The summed E-state index contributed by atoms with van der Waals surface area (Å²) < 4.78 is 5.31. The number of anilines is 1. The Kier molecular flexibility index (Phi) is 6.57. The van der Waals surface area contributed by atoms with Crippen molar-refractivity contribution in [3.05, 3.63) is 65.2 Å². The summed E-state index contributed by atoms with van der Waals surface area (Å²) in [6, 6.07) is 14.3. The van der Waals surface area contributed by atoms with Crippen LogP contribution in [0.25, 0.3) is 0 Å². The van der Waals surface area contributed by atoms with Gasteiger partial charge in [-0.25, -0.2) is 0 Å². The molecule has 0 radical (unpaired) electrons. The number of carbonyl (C=O) groups is 2. The molecule has 142 valence electrons. The van der Waals surface area contributed by atoms with E-state index in [0.717, 1.165) is 44.1 Å². The predicted molar refractivity (Wildman–Crippen MR) is 105 cm³/mol. The molecule has 0 atom stereocenters. The first-order valence-electron chi connectivity index (χ1n) is 9.18. The van der Waals surface area contributed by atoms with Crippen molar-refractivity contribution in [1.82, 2.24) is 10.2 Å². The quantitative estimate of drug-likeness (QED) is 0.822. The van der Waals surface area contributed by atoms with Gasteiger partial charge in [0, 0.05) is 43.0 Å². The lowest BCUT2D eigenvalue weighted by Crippen LogP contribution is -2.41. The lowest BCUT2D eigenvalue weighted by atomic mass is 10.1. The van der Waals surface area contributed by atoms with E-state index in [0.29, 0.717) is 17.7 Å². The zero-order chi connectivity index (χ0) is 19.1. The second kappa shape index (κ2) is 9.30. The molecule has 0 spiro atoms. The van der Waals surface area contributed by atoms with Crippen LogP contribution in [-0.2, 0) is 4.74 Å². The maximum Gasteiger partial charge on any atom is 0.255 e. The van der Waals surface area contributed by atoms with E-state index in [4.69, 9.17) is 4.74 Å². The molecule has 0 aromatic heterocycles. The summed E-state index contributed by atoms with van der Waals surface area (Å²) in [5, 5.41) is 5.77. The van der Waals surface area contributed by atoms with Gasteiger partial charge in [0.25, 0.3) is 11.8 Å². The number of hydrogen-bond donors (Lipinski definition) is 2. The van der Waals surface area contributed by atoms with E-state index in [1.54, 1.807) is 24.3 Å². The minimum absolute atomic E-state index is 0.131. The van der Waals surface area contributed by atoms with Gasteiger partial charge in [0.15, 0.2) is 0 Å². The molecule has 3 rings (SSSR count). The second-order valence-corrected chi connectivity index (χ2v) is 6.61. The van der Waals surface area contributed by atoms with Crippen LogP contribution in [0.2, 0.25) is 0 Å². The van der Waals surface area contributed by atoms with Gasteiger partial charge >= 0.3 is 0 Å².